The molecule has 0 saturated carbocycles. The number of benzene rings is 1. The summed E-state index contributed by atoms with van der Waals surface area (Å²) in [7, 11) is 0. The summed E-state index contributed by atoms with van der Waals surface area (Å²) in [5.41, 5.74) is 0.753. The predicted octanol–water partition coefficient (Wildman–Crippen LogP) is 1.49. The maximum Gasteiger partial charge on any atom is 0.140 e. The summed E-state index contributed by atoms with van der Waals surface area (Å²) < 4.78 is 0. The fourth-order valence-corrected chi connectivity index (χ4v) is 0.996. The first kappa shape index (κ1) is 10.8. The fraction of sp³-hybridized carbons (Fsp3) is 0.333. The molecule has 0 amide bonds. The van der Waals surface area contributed by atoms with E-state index in [0.29, 0.717) is 6.42 Å². The molecular formula is C12H14O2. The Morgan fingerprint density at radius 3 is 2.36 bits per heavy atom. The van der Waals surface area contributed by atoms with Crippen LogP contribution in [-0.2, 0) is 0 Å². The molecule has 0 fully saturated rings. The summed E-state index contributed by atoms with van der Waals surface area (Å²) in [4.78, 5) is 0. The van der Waals surface area contributed by atoms with E-state index in [4.69, 9.17) is 5.11 Å². The van der Waals surface area contributed by atoms with Crippen LogP contribution in [0.2, 0.25) is 0 Å². The summed E-state index contributed by atoms with van der Waals surface area (Å²) in [6, 6.07) is 9.17. The van der Waals surface area contributed by atoms with Gasteiger partial charge in [-0.2, -0.15) is 0 Å². The largest absolute Gasteiger partial charge is 0.380 e. The minimum absolute atomic E-state index is 0.578. The Kier molecular flexibility index (Phi) is 4.18. The maximum absolute atomic E-state index is 9.58. The number of hydrogen-bond acceptors (Lipinski definition) is 2. The van der Waals surface area contributed by atoms with Crippen molar-refractivity contribution in [2.24, 2.45) is 0 Å². The van der Waals surface area contributed by atoms with E-state index >= 15 is 0 Å². The van der Waals surface area contributed by atoms with Crippen LogP contribution in [0.25, 0.3) is 0 Å². The van der Waals surface area contributed by atoms with Gasteiger partial charge in [-0.15, -0.1) is 0 Å². The van der Waals surface area contributed by atoms with Crippen molar-refractivity contribution < 1.29 is 10.2 Å². The van der Waals surface area contributed by atoms with Gasteiger partial charge in [0.25, 0.3) is 0 Å². The molecular weight excluding hydrogens is 176 g/mol. The fourth-order valence-electron chi connectivity index (χ4n) is 0.996. The first-order chi connectivity index (χ1) is 6.74. The van der Waals surface area contributed by atoms with Crippen LogP contribution < -0.4 is 0 Å². The molecule has 2 heteroatoms. The molecule has 0 aliphatic heterocycles. The van der Waals surface area contributed by atoms with Crippen molar-refractivity contribution in [2.45, 2.75) is 25.6 Å². The average Bonchev–Trinajstić information content (AvgIpc) is 2.26. The predicted molar refractivity (Wildman–Crippen MR) is 55.5 cm³/mol. The SMILES string of the molecule is CC[C@H](O)C#C[C@@H](O)c1ccccc1. The maximum atomic E-state index is 9.58. The van der Waals surface area contributed by atoms with Crippen LogP contribution in [0.3, 0.4) is 0 Å². The second-order valence-electron chi connectivity index (χ2n) is 3.03. The number of aliphatic hydroxyl groups excluding tert-OH is 2. The van der Waals surface area contributed by atoms with Crippen molar-refractivity contribution >= 4 is 0 Å². The zero-order valence-electron chi connectivity index (χ0n) is 8.14. The minimum atomic E-state index is -0.808. The lowest BCUT2D eigenvalue weighted by atomic mass is 10.1. The van der Waals surface area contributed by atoms with Gasteiger partial charge >= 0.3 is 0 Å². The second-order valence-corrected chi connectivity index (χ2v) is 3.03. The Balaban J connectivity index is 2.66. The summed E-state index contributed by atoms with van der Waals surface area (Å²) in [6.45, 7) is 1.84. The van der Waals surface area contributed by atoms with Gasteiger partial charge in [0.15, 0.2) is 0 Å². The zero-order chi connectivity index (χ0) is 10.4. The highest BCUT2D eigenvalue weighted by Gasteiger charge is 2.01. The van der Waals surface area contributed by atoms with Crippen LogP contribution in [0.4, 0.5) is 0 Å². The molecule has 2 N–H and O–H groups in total. The topological polar surface area (TPSA) is 40.5 Å². The lowest BCUT2D eigenvalue weighted by Crippen LogP contribution is -2.01. The molecule has 14 heavy (non-hydrogen) atoms. The van der Waals surface area contributed by atoms with Gasteiger partial charge in [-0.05, 0) is 12.0 Å². The molecule has 2 atom stereocenters. The van der Waals surface area contributed by atoms with Crippen LogP contribution >= 0.6 is 0 Å². The molecule has 1 aromatic carbocycles. The summed E-state index contributed by atoms with van der Waals surface area (Å²) in [5.74, 6) is 5.19. The van der Waals surface area contributed by atoms with Gasteiger partial charge in [-0.1, -0.05) is 49.1 Å². The second kappa shape index (κ2) is 5.43. The van der Waals surface area contributed by atoms with E-state index in [9.17, 15) is 5.11 Å². The van der Waals surface area contributed by atoms with E-state index in [-0.39, 0.29) is 0 Å². The Morgan fingerprint density at radius 1 is 1.14 bits per heavy atom. The van der Waals surface area contributed by atoms with Crippen molar-refractivity contribution in [3.8, 4) is 11.8 Å². The quantitative estimate of drug-likeness (QED) is 0.694. The highest BCUT2D eigenvalue weighted by atomic mass is 16.3. The molecule has 74 valence electrons. The normalized spacial score (nSPS) is 13.9. The Hall–Kier alpha value is -1.30. The van der Waals surface area contributed by atoms with Crippen LogP contribution in [0.5, 0.6) is 0 Å². The Morgan fingerprint density at radius 2 is 1.79 bits per heavy atom. The van der Waals surface area contributed by atoms with E-state index in [1.807, 2.05) is 25.1 Å². The van der Waals surface area contributed by atoms with Crippen molar-refractivity contribution in [2.75, 3.05) is 0 Å². The number of hydrogen-bond donors (Lipinski definition) is 2. The van der Waals surface area contributed by atoms with Gasteiger partial charge in [-0.25, -0.2) is 0 Å². The van der Waals surface area contributed by atoms with Crippen molar-refractivity contribution in [1.29, 1.82) is 0 Å². The molecule has 0 heterocycles. The molecule has 1 rings (SSSR count). The van der Waals surface area contributed by atoms with Crippen LogP contribution in [-0.4, -0.2) is 16.3 Å². The highest BCUT2D eigenvalue weighted by Crippen LogP contribution is 2.10. The average molecular weight is 190 g/mol. The lowest BCUT2D eigenvalue weighted by Gasteiger charge is -2.02. The minimum Gasteiger partial charge on any atom is -0.380 e. The molecule has 2 nitrogen and oxygen atoms in total. The van der Waals surface area contributed by atoms with Gasteiger partial charge in [0.05, 0.1) is 0 Å². The molecule has 0 bridgehead atoms. The molecule has 0 saturated heterocycles. The molecule has 0 spiro atoms. The van der Waals surface area contributed by atoms with Gasteiger partial charge in [-0.3, -0.25) is 0 Å². The first-order valence-electron chi connectivity index (χ1n) is 4.66. The van der Waals surface area contributed by atoms with E-state index < -0.39 is 12.2 Å². The third kappa shape index (κ3) is 3.21. The van der Waals surface area contributed by atoms with Crippen molar-refractivity contribution in [1.82, 2.24) is 0 Å². The van der Waals surface area contributed by atoms with Crippen LogP contribution in [0.15, 0.2) is 30.3 Å². The van der Waals surface area contributed by atoms with Gasteiger partial charge in [0.2, 0.25) is 0 Å². The van der Waals surface area contributed by atoms with Gasteiger partial charge < -0.3 is 10.2 Å². The zero-order valence-corrected chi connectivity index (χ0v) is 8.14. The summed E-state index contributed by atoms with van der Waals surface area (Å²) in [5, 5.41) is 18.7. The molecule has 0 radical (unpaired) electrons. The van der Waals surface area contributed by atoms with E-state index in [0.717, 1.165) is 5.56 Å². The smallest absolute Gasteiger partial charge is 0.140 e. The molecule has 1 aromatic rings. The summed E-state index contributed by atoms with van der Waals surface area (Å²) >= 11 is 0. The van der Waals surface area contributed by atoms with Crippen molar-refractivity contribution in [3.63, 3.8) is 0 Å². The van der Waals surface area contributed by atoms with Gasteiger partial charge in [0, 0.05) is 0 Å². The standard InChI is InChI=1S/C12H14O2/c1-2-11(13)8-9-12(14)10-6-4-3-5-7-10/h3-7,11-14H,2H2,1H3/t11-,12+/m0/s1. The lowest BCUT2D eigenvalue weighted by molar-refractivity contribution is 0.221. The number of aliphatic hydroxyl groups is 2. The van der Waals surface area contributed by atoms with Crippen molar-refractivity contribution in [3.05, 3.63) is 35.9 Å². The van der Waals surface area contributed by atoms with E-state index in [1.165, 1.54) is 0 Å². The molecule has 0 unspecified atom stereocenters. The third-order valence-electron chi connectivity index (χ3n) is 1.89. The number of rotatable bonds is 2. The monoisotopic (exact) mass is 190 g/mol. The highest BCUT2D eigenvalue weighted by molar-refractivity contribution is 5.25. The van der Waals surface area contributed by atoms with E-state index in [1.54, 1.807) is 12.1 Å². The molecule has 0 aromatic heterocycles. The third-order valence-corrected chi connectivity index (χ3v) is 1.89. The molecule has 0 aliphatic carbocycles. The Bertz CT molecular complexity index is 321. The van der Waals surface area contributed by atoms with E-state index in [2.05, 4.69) is 11.8 Å². The Labute approximate surface area is 84.2 Å². The van der Waals surface area contributed by atoms with Crippen LogP contribution in [0, 0.1) is 11.8 Å². The van der Waals surface area contributed by atoms with Gasteiger partial charge in [0.1, 0.15) is 12.2 Å². The first-order valence-corrected chi connectivity index (χ1v) is 4.66. The van der Waals surface area contributed by atoms with Crippen LogP contribution in [0.1, 0.15) is 25.0 Å². The summed E-state index contributed by atoms with van der Waals surface area (Å²) in [6.07, 6.45) is -0.875. The molecule has 0 aliphatic rings.